The molecule has 9 unspecified atom stereocenters. The molecule has 6 rings (SSSR count). The third-order valence-corrected chi connectivity index (χ3v) is 14.3. The summed E-state index contributed by atoms with van der Waals surface area (Å²) in [5.41, 5.74) is 13.2. The first-order valence-electron chi connectivity index (χ1n) is 29.0. The van der Waals surface area contributed by atoms with Gasteiger partial charge in [-0.05, 0) is 87.6 Å². The molecule has 478 valence electrons. The fourth-order valence-corrected chi connectivity index (χ4v) is 9.93. The maximum absolute atomic E-state index is 14.5. The molecule has 0 bridgehead atoms. The van der Waals surface area contributed by atoms with Crippen LogP contribution >= 0.6 is 0 Å². The molecule has 0 spiro atoms. The molecule has 2 fully saturated rings. The van der Waals surface area contributed by atoms with E-state index in [1.807, 2.05) is 19.9 Å². The minimum atomic E-state index is -1.75. The number of imidazole rings is 1. The molecule has 9 atom stereocenters. The highest BCUT2D eigenvalue weighted by molar-refractivity contribution is 5.99. The van der Waals surface area contributed by atoms with Gasteiger partial charge in [-0.25, -0.2) is 4.98 Å². The van der Waals surface area contributed by atoms with Crippen molar-refractivity contribution in [2.75, 3.05) is 26.2 Å². The molecule has 10 amide bonds. The van der Waals surface area contributed by atoms with Crippen molar-refractivity contribution in [1.29, 1.82) is 0 Å². The molecule has 2 aromatic carbocycles. The predicted octanol–water partition coefficient (Wildman–Crippen LogP) is -2.37. The number of carbonyl (C=O) groups is 11. The number of carboxylic acid groups (broad SMARTS) is 1. The Bertz CT molecular complexity index is 3090. The molecule has 88 heavy (non-hydrogen) atoms. The number of fused-ring (bicyclic) bond motifs is 1. The van der Waals surface area contributed by atoms with Crippen molar-refractivity contribution >= 4 is 81.9 Å². The van der Waals surface area contributed by atoms with E-state index < -0.39 is 114 Å². The van der Waals surface area contributed by atoms with Crippen molar-refractivity contribution < 1.29 is 68.1 Å². The van der Waals surface area contributed by atoms with Crippen LogP contribution in [0.4, 0.5) is 0 Å². The highest BCUT2D eigenvalue weighted by atomic mass is 16.4. The highest BCUT2D eigenvalue weighted by Gasteiger charge is 2.39. The zero-order valence-electron chi connectivity index (χ0n) is 49.9. The summed E-state index contributed by atoms with van der Waals surface area (Å²) in [7, 11) is 0. The molecular formula is C58H82N16O14. The Hall–Kier alpha value is -9.61. The molecule has 4 aromatic rings. The molecule has 2 aromatic heterocycles. The van der Waals surface area contributed by atoms with Gasteiger partial charge in [0.2, 0.25) is 59.1 Å². The summed E-state index contributed by atoms with van der Waals surface area (Å²) >= 11 is 0. The lowest BCUT2D eigenvalue weighted by molar-refractivity contribution is -0.142. The summed E-state index contributed by atoms with van der Waals surface area (Å²) in [4.78, 5) is 162. The van der Waals surface area contributed by atoms with E-state index in [0.29, 0.717) is 41.6 Å². The number of likely N-dealkylation sites (tertiary alicyclic amines) is 1. The zero-order chi connectivity index (χ0) is 64.6. The van der Waals surface area contributed by atoms with E-state index >= 15 is 0 Å². The third kappa shape index (κ3) is 21.4. The van der Waals surface area contributed by atoms with Gasteiger partial charge in [0.1, 0.15) is 60.1 Å². The van der Waals surface area contributed by atoms with Crippen LogP contribution in [0.5, 0.6) is 5.75 Å². The number of carboxylic acids is 1. The van der Waals surface area contributed by atoms with Crippen LogP contribution in [0.2, 0.25) is 0 Å². The molecule has 30 nitrogen and oxygen atoms in total. The van der Waals surface area contributed by atoms with Gasteiger partial charge in [-0.1, -0.05) is 44.2 Å². The van der Waals surface area contributed by atoms with Crippen molar-refractivity contribution in [3.8, 4) is 5.75 Å². The number of amides is 10. The number of phenols is 1. The van der Waals surface area contributed by atoms with Crippen LogP contribution in [0.1, 0.15) is 96.4 Å². The van der Waals surface area contributed by atoms with Gasteiger partial charge in [0.15, 0.2) is 5.96 Å². The van der Waals surface area contributed by atoms with Crippen molar-refractivity contribution in [2.24, 2.45) is 22.4 Å². The largest absolute Gasteiger partial charge is 0.508 e. The number of carbonyl (C=O) groups excluding carboxylic acids is 10. The van der Waals surface area contributed by atoms with E-state index in [2.05, 4.69) is 67.8 Å². The summed E-state index contributed by atoms with van der Waals surface area (Å²) in [6.45, 7) is 7.60. The van der Waals surface area contributed by atoms with Crippen LogP contribution in [-0.2, 0) is 72.0 Å². The van der Waals surface area contributed by atoms with E-state index in [0.717, 1.165) is 12.4 Å². The number of aliphatic carboxylic acids is 1. The minimum absolute atomic E-state index is 0.0879. The number of aliphatic hydroxyl groups excluding tert-OH is 1. The van der Waals surface area contributed by atoms with Gasteiger partial charge in [0.25, 0.3) is 5.97 Å². The number of aliphatic imine (C=N–C) groups is 1. The second-order valence-corrected chi connectivity index (χ2v) is 21.8. The molecular weight excluding hydrogens is 1140 g/mol. The number of para-hydroxylation sites is 1. The number of aromatic nitrogens is 3. The lowest BCUT2D eigenvalue weighted by atomic mass is 10.0. The number of likely N-dealkylation sites (N-methyl/N-ethyl adjacent to an activating group) is 1. The maximum atomic E-state index is 14.5. The molecule has 2 aliphatic rings. The number of aromatic amines is 2. The van der Waals surface area contributed by atoms with Crippen LogP contribution < -0.4 is 59.3 Å². The van der Waals surface area contributed by atoms with Crippen molar-refractivity contribution in [3.05, 3.63) is 84.1 Å². The van der Waals surface area contributed by atoms with Gasteiger partial charge in [-0.2, -0.15) is 0 Å². The SMILES string of the molecule is CC(=O)O.CCNC(=O)C1CCCN1C(=O)C(CCCN=C(N)N)NC(=O)C(CC(C)C)NC(=O)C(C)NC(=O)C(Cc1ccc(O)cc1)NC(=O)C(CO)NC(=O)C(Cc1c[nH]c2ccccc12)NC(=O)C(Cc1cnc[nH]1)NC(=O)C1CCC(=O)N1. The zero-order valence-corrected chi connectivity index (χ0v) is 49.9. The van der Waals surface area contributed by atoms with Crippen molar-refractivity contribution in [2.45, 2.75) is 153 Å². The number of hydrogen-bond donors (Lipinski definition) is 16. The maximum Gasteiger partial charge on any atom is 0.300 e. The Labute approximate surface area is 507 Å². The highest BCUT2D eigenvalue weighted by Crippen LogP contribution is 2.22. The number of aromatic hydroxyl groups is 1. The summed E-state index contributed by atoms with van der Waals surface area (Å²) in [6, 6.07) is 1.50. The van der Waals surface area contributed by atoms with Crippen LogP contribution in [0.25, 0.3) is 10.9 Å². The van der Waals surface area contributed by atoms with E-state index in [9.17, 15) is 58.2 Å². The smallest absolute Gasteiger partial charge is 0.300 e. The molecule has 0 radical (unpaired) electrons. The lowest BCUT2D eigenvalue weighted by Gasteiger charge is -2.30. The van der Waals surface area contributed by atoms with Gasteiger partial charge >= 0.3 is 0 Å². The lowest BCUT2D eigenvalue weighted by Crippen LogP contribution is -2.61. The summed E-state index contributed by atoms with van der Waals surface area (Å²) < 4.78 is 0. The van der Waals surface area contributed by atoms with Crippen LogP contribution in [0.15, 0.2) is 72.2 Å². The second-order valence-electron chi connectivity index (χ2n) is 21.8. The first-order valence-corrected chi connectivity index (χ1v) is 29.0. The predicted molar refractivity (Wildman–Crippen MR) is 320 cm³/mol. The number of benzene rings is 2. The number of guanidine groups is 1. The quantitative estimate of drug-likeness (QED) is 0.0147. The Morgan fingerprint density at radius 2 is 1.34 bits per heavy atom. The summed E-state index contributed by atoms with van der Waals surface area (Å²) in [5.74, 6) is -8.26. The Morgan fingerprint density at radius 3 is 1.95 bits per heavy atom. The van der Waals surface area contributed by atoms with E-state index in [4.69, 9.17) is 21.4 Å². The molecule has 30 heteroatoms. The molecule has 0 saturated carbocycles. The van der Waals surface area contributed by atoms with E-state index in [1.165, 1.54) is 48.6 Å². The molecule has 2 aliphatic heterocycles. The Kier molecular flexibility index (Phi) is 26.7. The molecule has 18 N–H and O–H groups in total. The Morgan fingerprint density at radius 1 is 0.739 bits per heavy atom. The van der Waals surface area contributed by atoms with E-state index in [1.54, 1.807) is 31.3 Å². The van der Waals surface area contributed by atoms with Gasteiger partial charge in [-0.15, -0.1) is 0 Å². The monoisotopic (exact) mass is 1230 g/mol. The number of phenolic OH excluding ortho intramolecular Hbond substituents is 1. The number of nitrogens with one attached hydrogen (secondary N) is 11. The van der Waals surface area contributed by atoms with Gasteiger partial charge < -0.3 is 89.5 Å². The average Bonchev–Trinajstić information content (AvgIpc) is 4.56. The van der Waals surface area contributed by atoms with Crippen LogP contribution in [0, 0.1) is 5.92 Å². The van der Waals surface area contributed by atoms with Crippen LogP contribution in [0.3, 0.4) is 0 Å². The number of hydrogen-bond acceptors (Lipinski definition) is 15. The summed E-state index contributed by atoms with van der Waals surface area (Å²) in [5, 5.41) is 52.7. The topological polar surface area (TPSA) is 469 Å². The third-order valence-electron chi connectivity index (χ3n) is 14.3. The minimum Gasteiger partial charge on any atom is -0.508 e. The Balaban J connectivity index is 0.00000342. The normalized spacial score (nSPS) is 16.8. The molecule has 0 aliphatic carbocycles. The van der Waals surface area contributed by atoms with Gasteiger partial charge in [0.05, 0.1) is 12.9 Å². The molecule has 4 heterocycles. The number of rotatable bonds is 30. The van der Waals surface area contributed by atoms with Crippen LogP contribution in [-0.4, -0.2) is 187 Å². The first kappa shape index (κ1) is 69.2. The number of nitrogens with two attached hydrogens (primary N) is 2. The van der Waals surface area contributed by atoms with Gasteiger partial charge in [0, 0.05) is 81.2 Å². The number of H-pyrrole nitrogens is 2. The average molecular weight is 1230 g/mol. The van der Waals surface area contributed by atoms with E-state index in [-0.39, 0.29) is 93.9 Å². The standard InChI is InChI=1S/C56H78N16O12.C2H4O2/c1-5-60-54(83)45-13-9-21-72(45)55(84)39(12-8-20-61-56(57)58)66-50(79)40(22-30(2)3)67-47(76)31(4)64-49(78)41(23-32-14-16-35(74)17-15-32)68-53(82)44(28-73)71-51(80)42(24-33-26-62-37-11-7-6-10-36(33)37)69-52(81)43(25-34-27-59-29-63-34)70-48(77)38-18-19-46(75)65-38;1-2(3)4/h6-7,10-11,14-17,26-27,29-31,38-45,62,73-74H,5,8-9,12-13,18-25,28H2,1-4H3,(H,59,63)(H,60,83)(H,64,78)(H,65,75)(H,66,79)(H,67,76)(H,68,82)(H,69,81)(H,70,77)(H,71,80)(H4,57,58,61);1H3,(H,3,4). The summed E-state index contributed by atoms with van der Waals surface area (Å²) in [6.07, 6.45) is 5.75. The fraction of sp³-hybridized carbons (Fsp3) is 0.500. The second kappa shape index (κ2) is 33.9. The first-order chi connectivity index (χ1) is 41.9. The number of nitrogens with zero attached hydrogens (tertiary/aromatic N) is 3. The fourth-order valence-electron chi connectivity index (χ4n) is 9.93. The molecule has 2 saturated heterocycles. The van der Waals surface area contributed by atoms with Crippen molar-refractivity contribution in [3.63, 3.8) is 0 Å². The van der Waals surface area contributed by atoms with Crippen molar-refractivity contribution in [1.82, 2.24) is 67.7 Å². The number of aliphatic hydroxyl groups is 1. The van der Waals surface area contributed by atoms with Gasteiger partial charge in [-0.3, -0.25) is 57.7 Å².